The van der Waals surface area contributed by atoms with Crippen molar-refractivity contribution in [1.82, 2.24) is 9.55 Å². The van der Waals surface area contributed by atoms with Crippen LogP contribution in [0.25, 0.3) is 0 Å². The summed E-state index contributed by atoms with van der Waals surface area (Å²) in [6.07, 6.45) is 1.53. The Labute approximate surface area is 128 Å². The zero-order chi connectivity index (χ0) is 14.2. The van der Waals surface area contributed by atoms with Crippen molar-refractivity contribution in [2.24, 2.45) is 0 Å². The standard InChI is InChI=1S/C13H13IN2O2S/c1-7-4-10(8(2)19-7)12(17)6-16-9(3)15-5-11(14)13(16)18/h4-5H,6H2,1-3H3. The Morgan fingerprint density at radius 2 is 2.11 bits per heavy atom. The summed E-state index contributed by atoms with van der Waals surface area (Å²) in [6, 6.07) is 1.88. The highest BCUT2D eigenvalue weighted by Crippen LogP contribution is 2.21. The number of thiophene rings is 1. The Bertz CT molecular complexity index is 703. The first kappa shape index (κ1) is 14.4. The fourth-order valence-corrected chi connectivity index (χ4v) is 3.25. The van der Waals surface area contributed by atoms with Crippen LogP contribution in [0, 0.1) is 24.3 Å². The van der Waals surface area contributed by atoms with Gasteiger partial charge in [0.25, 0.3) is 5.56 Å². The number of carbonyl (C=O) groups is 1. The molecule has 19 heavy (non-hydrogen) atoms. The van der Waals surface area contributed by atoms with E-state index in [-0.39, 0.29) is 17.9 Å². The van der Waals surface area contributed by atoms with Gasteiger partial charge in [-0.05, 0) is 49.4 Å². The number of Topliss-reactive ketones (excluding diaryl/α,β-unsaturated/α-hetero) is 1. The van der Waals surface area contributed by atoms with E-state index in [1.165, 1.54) is 10.8 Å². The van der Waals surface area contributed by atoms with Crippen LogP contribution in [0.2, 0.25) is 0 Å². The summed E-state index contributed by atoms with van der Waals surface area (Å²) in [5.74, 6) is 0.513. The maximum Gasteiger partial charge on any atom is 0.267 e. The average molecular weight is 388 g/mol. The number of hydrogen-bond acceptors (Lipinski definition) is 4. The van der Waals surface area contributed by atoms with Gasteiger partial charge in [0.2, 0.25) is 0 Å². The number of carbonyl (C=O) groups excluding carboxylic acids is 1. The molecule has 2 rings (SSSR count). The molecule has 2 aromatic heterocycles. The number of aromatic nitrogens is 2. The Morgan fingerprint density at radius 1 is 1.42 bits per heavy atom. The Kier molecular flexibility index (Phi) is 4.19. The third-order valence-corrected chi connectivity index (χ3v) is 4.55. The van der Waals surface area contributed by atoms with Gasteiger partial charge in [0, 0.05) is 21.5 Å². The molecule has 0 unspecified atom stereocenters. The van der Waals surface area contributed by atoms with E-state index >= 15 is 0 Å². The third kappa shape index (κ3) is 2.94. The van der Waals surface area contributed by atoms with Crippen LogP contribution in [0.15, 0.2) is 17.1 Å². The van der Waals surface area contributed by atoms with Crippen molar-refractivity contribution in [2.75, 3.05) is 0 Å². The molecule has 100 valence electrons. The zero-order valence-corrected chi connectivity index (χ0v) is 13.8. The van der Waals surface area contributed by atoms with Crippen molar-refractivity contribution in [2.45, 2.75) is 27.3 Å². The molecule has 0 saturated carbocycles. The molecule has 0 aliphatic carbocycles. The van der Waals surface area contributed by atoms with Gasteiger partial charge < -0.3 is 0 Å². The predicted molar refractivity (Wildman–Crippen MR) is 84.1 cm³/mol. The van der Waals surface area contributed by atoms with Crippen molar-refractivity contribution in [3.63, 3.8) is 0 Å². The fraction of sp³-hybridized carbons (Fsp3) is 0.308. The van der Waals surface area contributed by atoms with Gasteiger partial charge in [-0.15, -0.1) is 11.3 Å². The van der Waals surface area contributed by atoms with Crippen LogP contribution < -0.4 is 5.56 Å². The number of hydrogen-bond donors (Lipinski definition) is 0. The molecule has 4 nitrogen and oxygen atoms in total. The van der Waals surface area contributed by atoms with E-state index in [0.29, 0.717) is 15.0 Å². The second-order valence-corrected chi connectivity index (χ2v) is 6.92. The van der Waals surface area contributed by atoms with Gasteiger partial charge in [0.05, 0.1) is 10.1 Å². The van der Waals surface area contributed by atoms with Gasteiger partial charge >= 0.3 is 0 Å². The summed E-state index contributed by atoms with van der Waals surface area (Å²) in [5.41, 5.74) is 0.540. The van der Waals surface area contributed by atoms with E-state index in [4.69, 9.17) is 0 Å². The van der Waals surface area contributed by atoms with Crippen molar-refractivity contribution in [1.29, 1.82) is 0 Å². The lowest BCUT2D eigenvalue weighted by atomic mass is 10.1. The molecule has 0 saturated heterocycles. The highest BCUT2D eigenvalue weighted by Gasteiger charge is 2.15. The van der Waals surface area contributed by atoms with Crippen LogP contribution in [0.5, 0.6) is 0 Å². The molecule has 0 spiro atoms. The van der Waals surface area contributed by atoms with Gasteiger partial charge in [-0.1, -0.05) is 0 Å². The lowest BCUT2D eigenvalue weighted by molar-refractivity contribution is 0.0969. The van der Waals surface area contributed by atoms with Gasteiger partial charge in [-0.25, -0.2) is 4.98 Å². The van der Waals surface area contributed by atoms with Gasteiger partial charge in [-0.2, -0.15) is 0 Å². The number of aryl methyl sites for hydroxylation is 3. The van der Waals surface area contributed by atoms with Gasteiger partial charge in [0.1, 0.15) is 5.82 Å². The fourth-order valence-electron chi connectivity index (χ4n) is 1.87. The average Bonchev–Trinajstić information content (AvgIpc) is 2.69. The number of ketones is 1. The van der Waals surface area contributed by atoms with Crippen LogP contribution >= 0.6 is 33.9 Å². The normalized spacial score (nSPS) is 10.7. The highest BCUT2D eigenvalue weighted by molar-refractivity contribution is 14.1. The molecule has 0 fully saturated rings. The molecule has 0 N–H and O–H groups in total. The van der Waals surface area contributed by atoms with Gasteiger partial charge in [-0.3, -0.25) is 14.2 Å². The van der Waals surface area contributed by atoms with Crippen molar-refractivity contribution in [3.05, 3.63) is 47.3 Å². The quantitative estimate of drug-likeness (QED) is 0.600. The minimum atomic E-state index is -0.161. The van der Waals surface area contributed by atoms with E-state index in [1.807, 2.05) is 42.5 Å². The molecule has 0 aliphatic heterocycles. The second kappa shape index (κ2) is 5.54. The molecule has 0 bridgehead atoms. The maximum atomic E-state index is 12.3. The zero-order valence-electron chi connectivity index (χ0n) is 10.9. The molecule has 0 aromatic carbocycles. The summed E-state index contributed by atoms with van der Waals surface area (Å²) in [7, 11) is 0. The van der Waals surface area contributed by atoms with Crippen LogP contribution in [0.3, 0.4) is 0 Å². The van der Waals surface area contributed by atoms with E-state index in [9.17, 15) is 9.59 Å². The summed E-state index contributed by atoms with van der Waals surface area (Å²) in [5, 5.41) is 0. The lowest BCUT2D eigenvalue weighted by Gasteiger charge is -2.08. The molecule has 0 radical (unpaired) electrons. The Balaban J connectivity index is 2.37. The summed E-state index contributed by atoms with van der Waals surface area (Å²) >= 11 is 3.53. The van der Waals surface area contributed by atoms with E-state index in [1.54, 1.807) is 18.3 Å². The van der Waals surface area contributed by atoms with E-state index in [0.717, 1.165) is 9.75 Å². The largest absolute Gasteiger partial charge is 0.292 e. The monoisotopic (exact) mass is 388 g/mol. The first-order valence-electron chi connectivity index (χ1n) is 5.72. The molecule has 6 heteroatoms. The van der Waals surface area contributed by atoms with Crippen LogP contribution in [0.1, 0.15) is 25.9 Å². The topological polar surface area (TPSA) is 52.0 Å². The third-order valence-electron chi connectivity index (χ3n) is 2.85. The molecular weight excluding hydrogens is 375 g/mol. The van der Waals surface area contributed by atoms with Crippen LogP contribution in [-0.2, 0) is 6.54 Å². The lowest BCUT2D eigenvalue weighted by Crippen LogP contribution is -2.28. The number of rotatable bonds is 3. The second-order valence-electron chi connectivity index (χ2n) is 4.29. The van der Waals surface area contributed by atoms with E-state index in [2.05, 4.69) is 4.98 Å². The number of nitrogens with zero attached hydrogens (tertiary/aromatic N) is 2. The Morgan fingerprint density at radius 3 is 2.68 bits per heavy atom. The predicted octanol–water partition coefficient (Wildman–Crippen LogP) is 2.72. The summed E-state index contributed by atoms with van der Waals surface area (Å²) in [4.78, 5) is 30.5. The minimum absolute atomic E-state index is 0.0455. The molecule has 0 aliphatic rings. The molecule has 2 heterocycles. The molecule has 0 amide bonds. The van der Waals surface area contributed by atoms with Crippen LogP contribution in [0.4, 0.5) is 0 Å². The molecular formula is C13H13IN2O2S. The molecule has 0 atom stereocenters. The first-order valence-corrected chi connectivity index (χ1v) is 7.62. The van der Waals surface area contributed by atoms with Gasteiger partial charge in [0.15, 0.2) is 5.78 Å². The highest BCUT2D eigenvalue weighted by atomic mass is 127. The number of halogens is 1. The minimum Gasteiger partial charge on any atom is -0.292 e. The van der Waals surface area contributed by atoms with Crippen molar-refractivity contribution < 1.29 is 4.79 Å². The van der Waals surface area contributed by atoms with Crippen molar-refractivity contribution >= 4 is 39.7 Å². The Hall–Kier alpha value is -1.02. The molecule has 2 aromatic rings. The SMILES string of the molecule is Cc1cc(C(=O)Cn2c(C)ncc(I)c2=O)c(C)s1. The maximum absolute atomic E-state index is 12.3. The van der Waals surface area contributed by atoms with Crippen molar-refractivity contribution in [3.8, 4) is 0 Å². The first-order chi connectivity index (χ1) is 8.90. The summed E-state index contributed by atoms with van der Waals surface area (Å²) < 4.78 is 1.95. The summed E-state index contributed by atoms with van der Waals surface area (Å²) in [6.45, 7) is 5.68. The smallest absolute Gasteiger partial charge is 0.267 e. The van der Waals surface area contributed by atoms with Crippen LogP contribution in [-0.4, -0.2) is 15.3 Å². The van der Waals surface area contributed by atoms with E-state index < -0.39 is 0 Å².